The number of fused-ring (bicyclic) bond motifs is 1. The van der Waals surface area contributed by atoms with E-state index in [4.69, 9.17) is 10.7 Å². The second-order valence-corrected chi connectivity index (χ2v) is 7.44. The summed E-state index contributed by atoms with van der Waals surface area (Å²) in [5.41, 5.74) is 6.15. The predicted octanol–water partition coefficient (Wildman–Crippen LogP) is 2.95. The largest absolute Gasteiger partial charge is 0.370 e. The number of amides is 2. The van der Waals surface area contributed by atoms with Gasteiger partial charge >= 0.3 is 0 Å². The van der Waals surface area contributed by atoms with E-state index in [1.54, 1.807) is 11.3 Å². The molecule has 0 aliphatic heterocycles. The van der Waals surface area contributed by atoms with Gasteiger partial charge in [-0.2, -0.15) is 0 Å². The number of hydrogen-bond acceptors (Lipinski definition) is 4. The highest BCUT2D eigenvalue weighted by molar-refractivity contribution is 7.18. The van der Waals surface area contributed by atoms with Gasteiger partial charge in [-0.15, -0.1) is 11.3 Å². The van der Waals surface area contributed by atoms with Crippen LogP contribution in [0.3, 0.4) is 0 Å². The van der Waals surface area contributed by atoms with Crippen LogP contribution in [0.1, 0.15) is 49.5 Å². The van der Waals surface area contributed by atoms with Gasteiger partial charge in [0.05, 0.1) is 15.2 Å². The van der Waals surface area contributed by atoms with Gasteiger partial charge in [0.25, 0.3) is 0 Å². The molecule has 1 aromatic carbocycles. The fraction of sp³-hybridized carbons (Fsp3) is 0.500. The maximum absolute atomic E-state index is 12.6. The smallest absolute Gasteiger partial charge is 0.223 e. The number of nitrogens with two attached hydrogens (primary N) is 1. The number of benzene rings is 1. The van der Waals surface area contributed by atoms with Crippen molar-refractivity contribution in [3.05, 3.63) is 29.3 Å². The number of carbonyl (C=O) groups is 2. The molecule has 2 atom stereocenters. The van der Waals surface area contributed by atoms with Crippen molar-refractivity contribution in [3.63, 3.8) is 0 Å². The van der Waals surface area contributed by atoms with Crippen molar-refractivity contribution in [3.8, 4) is 0 Å². The Morgan fingerprint density at radius 2 is 2.04 bits per heavy atom. The van der Waals surface area contributed by atoms with Crippen LogP contribution < -0.4 is 11.1 Å². The van der Waals surface area contributed by atoms with Gasteiger partial charge in [-0.1, -0.05) is 25.0 Å². The zero-order valence-electron chi connectivity index (χ0n) is 13.7. The van der Waals surface area contributed by atoms with Crippen LogP contribution in [0.5, 0.6) is 0 Å². The molecule has 0 saturated heterocycles. The third-order valence-electron chi connectivity index (χ3n) is 4.63. The fourth-order valence-electron chi connectivity index (χ4n) is 3.39. The van der Waals surface area contributed by atoms with E-state index in [-0.39, 0.29) is 23.7 Å². The van der Waals surface area contributed by atoms with E-state index in [1.807, 2.05) is 18.2 Å². The average Bonchev–Trinajstić information content (AvgIpc) is 3.02. The molecular formula is C18H23N3O2S. The highest BCUT2D eigenvalue weighted by Gasteiger charge is 2.33. The number of nitrogens with one attached hydrogen (secondary N) is 1. The summed E-state index contributed by atoms with van der Waals surface area (Å²) in [5, 5.41) is 4.05. The Kier molecular flexibility index (Phi) is 5.45. The molecule has 1 heterocycles. The molecule has 3 rings (SSSR count). The normalized spacial score (nSPS) is 20.8. The van der Waals surface area contributed by atoms with Crippen LogP contribution in [0.15, 0.2) is 24.3 Å². The lowest BCUT2D eigenvalue weighted by atomic mass is 9.79. The number of carbonyl (C=O) groups excluding carboxylic acids is 2. The lowest BCUT2D eigenvalue weighted by molar-refractivity contribution is -0.126. The zero-order chi connectivity index (χ0) is 16.9. The molecule has 0 bridgehead atoms. The second-order valence-electron chi connectivity index (χ2n) is 6.38. The molecule has 0 spiro atoms. The summed E-state index contributed by atoms with van der Waals surface area (Å²) in [5.74, 6) is -0.0575. The molecule has 1 aliphatic carbocycles. The number of aromatic nitrogens is 1. The van der Waals surface area contributed by atoms with Gasteiger partial charge in [0.15, 0.2) is 0 Å². The topological polar surface area (TPSA) is 85.1 Å². The van der Waals surface area contributed by atoms with E-state index < -0.39 is 0 Å². The van der Waals surface area contributed by atoms with Crippen molar-refractivity contribution in [2.45, 2.75) is 44.4 Å². The van der Waals surface area contributed by atoms with E-state index in [0.717, 1.165) is 36.2 Å². The van der Waals surface area contributed by atoms with Gasteiger partial charge in [-0.3, -0.25) is 9.59 Å². The molecule has 6 heteroatoms. The van der Waals surface area contributed by atoms with Crippen molar-refractivity contribution in [2.24, 2.45) is 11.7 Å². The number of hydrogen-bond donors (Lipinski definition) is 2. The van der Waals surface area contributed by atoms with Crippen molar-refractivity contribution < 1.29 is 9.59 Å². The summed E-state index contributed by atoms with van der Waals surface area (Å²) in [6.07, 6.45) is 5.06. The van der Waals surface area contributed by atoms with Crippen LogP contribution in [-0.2, 0) is 9.59 Å². The molecule has 24 heavy (non-hydrogen) atoms. The molecule has 1 aromatic heterocycles. The number of nitrogens with zero attached hydrogens (tertiary/aromatic N) is 1. The van der Waals surface area contributed by atoms with E-state index in [1.165, 1.54) is 4.70 Å². The summed E-state index contributed by atoms with van der Waals surface area (Å²) >= 11 is 1.70. The fourth-order valence-corrected chi connectivity index (χ4v) is 4.56. The molecule has 2 amide bonds. The SMILES string of the molecule is NC(=O)CCCNC(=O)[C@@H]1CCCC[C@H]1c1nc2ccccc2s1. The maximum Gasteiger partial charge on any atom is 0.223 e. The van der Waals surface area contributed by atoms with E-state index in [2.05, 4.69) is 11.4 Å². The molecule has 1 aliphatic rings. The number of rotatable bonds is 6. The molecule has 0 unspecified atom stereocenters. The Balaban J connectivity index is 1.68. The van der Waals surface area contributed by atoms with E-state index in [9.17, 15) is 9.59 Å². The second kappa shape index (κ2) is 7.75. The van der Waals surface area contributed by atoms with Crippen molar-refractivity contribution >= 4 is 33.4 Å². The highest BCUT2D eigenvalue weighted by atomic mass is 32.1. The molecule has 5 nitrogen and oxygen atoms in total. The molecule has 3 N–H and O–H groups in total. The van der Waals surface area contributed by atoms with Gasteiger partial charge in [0.1, 0.15) is 0 Å². The van der Waals surface area contributed by atoms with Gasteiger partial charge in [-0.05, 0) is 31.4 Å². The maximum atomic E-state index is 12.6. The highest BCUT2D eigenvalue weighted by Crippen LogP contribution is 2.40. The van der Waals surface area contributed by atoms with Crippen LogP contribution in [0.4, 0.5) is 0 Å². The predicted molar refractivity (Wildman–Crippen MR) is 95.8 cm³/mol. The summed E-state index contributed by atoms with van der Waals surface area (Å²) < 4.78 is 1.18. The first-order valence-corrected chi connectivity index (χ1v) is 9.38. The minimum atomic E-state index is -0.325. The van der Waals surface area contributed by atoms with E-state index >= 15 is 0 Å². The minimum absolute atomic E-state index is 0.0205. The van der Waals surface area contributed by atoms with Gasteiger partial charge in [0, 0.05) is 24.8 Å². The molecule has 2 aromatic rings. The monoisotopic (exact) mass is 345 g/mol. The Hall–Kier alpha value is -1.95. The van der Waals surface area contributed by atoms with Crippen LogP contribution in [-0.4, -0.2) is 23.3 Å². The van der Waals surface area contributed by atoms with Crippen molar-refractivity contribution in [1.82, 2.24) is 10.3 Å². The Labute approximate surface area is 145 Å². The van der Waals surface area contributed by atoms with Gasteiger partial charge in [0.2, 0.25) is 11.8 Å². The molecule has 128 valence electrons. The number of para-hydroxylation sites is 1. The standard InChI is InChI=1S/C18H23N3O2S/c19-16(22)10-5-11-20-17(23)12-6-1-2-7-13(12)18-21-14-8-3-4-9-15(14)24-18/h3-4,8-9,12-13H,1-2,5-7,10-11H2,(H2,19,22)(H,20,23)/t12-,13-/m1/s1. The Morgan fingerprint density at radius 3 is 2.83 bits per heavy atom. The van der Waals surface area contributed by atoms with Crippen molar-refractivity contribution in [1.29, 1.82) is 0 Å². The summed E-state index contributed by atoms with van der Waals surface area (Å²) in [6.45, 7) is 0.505. The van der Waals surface area contributed by atoms with Crippen LogP contribution in [0.2, 0.25) is 0 Å². The van der Waals surface area contributed by atoms with Gasteiger partial charge < -0.3 is 11.1 Å². The summed E-state index contributed by atoms with van der Waals surface area (Å²) in [7, 11) is 0. The zero-order valence-corrected chi connectivity index (χ0v) is 14.5. The Morgan fingerprint density at radius 1 is 1.25 bits per heavy atom. The summed E-state index contributed by atoms with van der Waals surface area (Å²) in [4.78, 5) is 28.1. The first-order chi connectivity index (χ1) is 11.6. The van der Waals surface area contributed by atoms with Crippen LogP contribution >= 0.6 is 11.3 Å². The third-order valence-corrected chi connectivity index (χ3v) is 5.80. The molecule has 1 saturated carbocycles. The third kappa shape index (κ3) is 3.93. The lowest BCUT2D eigenvalue weighted by Gasteiger charge is -2.29. The lowest BCUT2D eigenvalue weighted by Crippen LogP contribution is -2.36. The van der Waals surface area contributed by atoms with E-state index in [0.29, 0.717) is 19.4 Å². The minimum Gasteiger partial charge on any atom is -0.370 e. The van der Waals surface area contributed by atoms with Crippen LogP contribution in [0, 0.1) is 5.92 Å². The molecular weight excluding hydrogens is 322 g/mol. The quantitative estimate of drug-likeness (QED) is 0.789. The first-order valence-electron chi connectivity index (χ1n) is 8.56. The first kappa shape index (κ1) is 16.9. The van der Waals surface area contributed by atoms with Gasteiger partial charge in [-0.25, -0.2) is 4.98 Å². The Bertz CT molecular complexity index is 695. The molecule has 0 radical (unpaired) electrons. The summed E-state index contributed by atoms with van der Waals surface area (Å²) in [6, 6.07) is 8.12. The van der Waals surface area contributed by atoms with Crippen molar-refractivity contribution in [2.75, 3.05) is 6.54 Å². The number of thiazole rings is 1. The molecule has 1 fully saturated rings. The average molecular weight is 345 g/mol. The van der Waals surface area contributed by atoms with Crippen LogP contribution in [0.25, 0.3) is 10.2 Å². The number of primary amides is 1.